The molecule has 0 spiro atoms. The predicted molar refractivity (Wildman–Crippen MR) is 207 cm³/mol. The van der Waals surface area contributed by atoms with Crippen molar-refractivity contribution in [2.75, 3.05) is 11.5 Å². The number of benzene rings is 3. The second-order valence-corrected chi connectivity index (χ2v) is 15.5. The van der Waals surface area contributed by atoms with E-state index in [9.17, 15) is 0 Å². The van der Waals surface area contributed by atoms with Crippen molar-refractivity contribution in [1.29, 1.82) is 0 Å². The number of hydrogen-bond acceptors (Lipinski definition) is 3. The standard InChI is InChI=1S/C45H66N2O/c1-3-5-7-9-11-13-34-15-21-37(22-16-34)39-25-19-36(20-26-39)31-41-32-45(44(47)33-43(41)46)48-42-29-27-40(28-30-42)38-23-17-35(18-24-38)14-12-10-8-6-4-2/h19-20,25-30,32-35,37-38H,3-18,21-24,31,46-47H2,1-2H3. The van der Waals surface area contributed by atoms with Crippen LogP contribution in [0.15, 0.2) is 60.7 Å². The summed E-state index contributed by atoms with van der Waals surface area (Å²) in [6.07, 6.45) is 28.5. The Bertz CT molecular complexity index is 1230. The average Bonchev–Trinajstić information content (AvgIpc) is 3.11. The number of rotatable bonds is 18. The lowest BCUT2D eigenvalue weighted by Crippen LogP contribution is -2.13. The Morgan fingerprint density at radius 1 is 0.542 bits per heavy atom. The Hall–Kier alpha value is -2.94. The Balaban J connectivity index is 1.09. The van der Waals surface area contributed by atoms with Crippen LogP contribution in [0.25, 0.3) is 0 Å². The van der Waals surface area contributed by atoms with Gasteiger partial charge in [-0.2, -0.15) is 0 Å². The summed E-state index contributed by atoms with van der Waals surface area (Å²) >= 11 is 0. The highest BCUT2D eigenvalue weighted by molar-refractivity contribution is 5.66. The topological polar surface area (TPSA) is 61.3 Å². The zero-order valence-corrected chi connectivity index (χ0v) is 30.5. The number of nitrogen functional groups attached to an aromatic ring is 2. The van der Waals surface area contributed by atoms with Crippen molar-refractivity contribution in [2.24, 2.45) is 11.8 Å². The van der Waals surface area contributed by atoms with Gasteiger partial charge in [0.05, 0.1) is 5.69 Å². The summed E-state index contributed by atoms with van der Waals surface area (Å²) in [6.45, 7) is 4.60. The minimum Gasteiger partial charge on any atom is -0.455 e. The van der Waals surface area contributed by atoms with Crippen LogP contribution in [-0.4, -0.2) is 0 Å². The molecule has 262 valence electrons. The first-order chi connectivity index (χ1) is 23.5. The first-order valence-corrected chi connectivity index (χ1v) is 20.1. The molecule has 3 heteroatoms. The van der Waals surface area contributed by atoms with E-state index >= 15 is 0 Å². The van der Waals surface area contributed by atoms with E-state index in [-0.39, 0.29) is 0 Å². The van der Waals surface area contributed by atoms with Crippen molar-refractivity contribution in [2.45, 2.75) is 161 Å². The SMILES string of the molecule is CCCCCCCC1CCC(c2ccc(Cc3cc(Oc4ccc(C5CCC(CCCCCCC)CC5)cc4)c(N)cc3N)cc2)CC1. The molecule has 0 unspecified atom stereocenters. The molecule has 3 aromatic carbocycles. The van der Waals surface area contributed by atoms with Gasteiger partial charge < -0.3 is 16.2 Å². The fourth-order valence-electron chi connectivity index (χ4n) is 8.60. The van der Waals surface area contributed by atoms with Gasteiger partial charge in [-0.1, -0.05) is 127 Å². The maximum absolute atomic E-state index is 6.47. The molecule has 0 saturated heterocycles. The maximum atomic E-state index is 6.47. The summed E-state index contributed by atoms with van der Waals surface area (Å²) in [5, 5.41) is 0. The molecule has 5 rings (SSSR count). The van der Waals surface area contributed by atoms with Gasteiger partial charge in [0.15, 0.2) is 5.75 Å². The second kappa shape index (κ2) is 19.3. The Morgan fingerprint density at radius 3 is 1.52 bits per heavy atom. The monoisotopic (exact) mass is 651 g/mol. The van der Waals surface area contributed by atoms with Crippen molar-refractivity contribution < 1.29 is 4.74 Å². The van der Waals surface area contributed by atoms with Crippen LogP contribution >= 0.6 is 0 Å². The summed E-state index contributed by atoms with van der Waals surface area (Å²) < 4.78 is 6.34. The summed E-state index contributed by atoms with van der Waals surface area (Å²) in [6, 6.07) is 22.0. The van der Waals surface area contributed by atoms with E-state index in [1.54, 1.807) is 0 Å². The van der Waals surface area contributed by atoms with Gasteiger partial charge in [-0.15, -0.1) is 0 Å². The summed E-state index contributed by atoms with van der Waals surface area (Å²) in [5.41, 5.74) is 19.5. The van der Waals surface area contributed by atoms with Gasteiger partial charge in [0.1, 0.15) is 5.75 Å². The lowest BCUT2D eigenvalue weighted by Gasteiger charge is -2.29. The maximum Gasteiger partial charge on any atom is 0.150 e. The van der Waals surface area contributed by atoms with E-state index in [1.165, 1.54) is 145 Å². The Kier molecular flexibility index (Phi) is 14.6. The van der Waals surface area contributed by atoms with Crippen molar-refractivity contribution in [1.82, 2.24) is 0 Å². The minimum absolute atomic E-state index is 0.584. The molecule has 3 aromatic rings. The van der Waals surface area contributed by atoms with Crippen LogP contribution < -0.4 is 16.2 Å². The summed E-state index contributed by atoms with van der Waals surface area (Å²) in [7, 11) is 0. The molecule has 2 aliphatic carbocycles. The molecule has 2 saturated carbocycles. The van der Waals surface area contributed by atoms with E-state index in [2.05, 4.69) is 62.4 Å². The highest BCUT2D eigenvalue weighted by atomic mass is 16.5. The lowest BCUT2D eigenvalue weighted by molar-refractivity contribution is 0.302. The average molecular weight is 651 g/mol. The van der Waals surface area contributed by atoms with Gasteiger partial charge in [-0.05, 0) is 128 Å². The molecule has 2 fully saturated rings. The van der Waals surface area contributed by atoms with Crippen LogP contribution in [0.5, 0.6) is 11.5 Å². The number of hydrogen-bond donors (Lipinski definition) is 2. The molecule has 0 aromatic heterocycles. The van der Waals surface area contributed by atoms with E-state index in [4.69, 9.17) is 16.2 Å². The number of ether oxygens (including phenoxy) is 1. The van der Waals surface area contributed by atoms with Crippen molar-refractivity contribution in [3.05, 3.63) is 82.9 Å². The minimum atomic E-state index is 0.584. The molecule has 0 atom stereocenters. The summed E-state index contributed by atoms with van der Waals surface area (Å²) in [5.74, 6) is 4.79. The van der Waals surface area contributed by atoms with E-state index in [0.29, 0.717) is 23.3 Å². The van der Waals surface area contributed by atoms with Gasteiger partial charge in [-0.25, -0.2) is 0 Å². The second-order valence-electron chi connectivity index (χ2n) is 15.5. The molecule has 48 heavy (non-hydrogen) atoms. The van der Waals surface area contributed by atoms with E-state index in [1.807, 2.05) is 12.1 Å². The van der Waals surface area contributed by atoms with Crippen LogP contribution in [-0.2, 0) is 6.42 Å². The molecular weight excluding hydrogens is 585 g/mol. The zero-order chi connectivity index (χ0) is 33.6. The third-order valence-corrected chi connectivity index (χ3v) is 11.8. The van der Waals surface area contributed by atoms with Gasteiger partial charge in [0.25, 0.3) is 0 Å². The van der Waals surface area contributed by atoms with E-state index in [0.717, 1.165) is 35.3 Å². The fraction of sp³-hybridized carbons (Fsp3) is 0.600. The van der Waals surface area contributed by atoms with Crippen molar-refractivity contribution in [3.8, 4) is 11.5 Å². The normalized spacial score (nSPS) is 21.3. The van der Waals surface area contributed by atoms with Crippen LogP contribution in [0.2, 0.25) is 0 Å². The summed E-state index contributed by atoms with van der Waals surface area (Å²) in [4.78, 5) is 0. The Labute approximate surface area is 293 Å². The molecule has 0 radical (unpaired) electrons. The molecular formula is C45H66N2O. The zero-order valence-electron chi connectivity index (χ0n) is 30.5. The Morgan fingerprint density at radius 2 is 1.02 bits per heavy atom. The highest BCUT2D eigenvalue weighted by Gasteiger charge is 2.23. The van der Waals surface area contributed by atoms with Crippen LogP contribution in [0, 0.1) is 11.8 Å². The van der Waals surface area contributed by atoms with Gasteiger partial charge >= 0.3 is 0 Å². The molecule has 3 nitrogen and oxygen atoms in total. The number of anilines is 2. The molecule has 0 bridgehead atoms. The third kappa shape index (κ3) is 11.0. The van der Waals surface area contributed by atoms with Crippen LogP contribution in [0.4, 0.5) is 11.4 Å². The quantitative estimate of drug-likeness (QED) is 0.106. The molecule has 0 aliphatic heterocycles. The molecule has 0 heterocycles. The molecule has 0 amide bonds. The van der Waals surface area contributed by atoms with E-state index < -0.39 is 0 Å². The lowest BCUT2D eigenvalue weighted by atomic mass is 9.77. The smallest absolute Gasteiger partial charge is 0.150 e. The first-order valence-electron chi connectivity index (χ1n) is 20.1. The van der Waals surface area contributed by atoms with Crippen LogP contribution in [0.3, 0.4) is 0 Å². The molecule has 2 aliphatic rings. The number of nitrogens with two attached hydrogens (primary N) is 2. The molecule has 4 N–H and O–H groups in total. The third-order valence-electron chi connectivity index (χ3n) is 11.8. The highest BCUT2D eigenvalue weighted by Crippen LogP contribution is 2.40. The van der Waals surface area contributed by atoms with Crippen molar-refractivity contribution in [3.63, 3.8) is 0 Å². The van der Waals surface area contributed by atoms with Gasteiger partial charge in [0.2, 0.25) is 0 Å². The predicted octanol–water partition coefficient (Wildman–Crippen LogP) is 13.5. The fourth-order valence-corrected chi connectivity index (χ4v) is 8.60. The largest absolute Gasteiger partial charge is 0.455 e. The van der Waals surface area contributed by atoms with Gasteiger partial charge in [-0.3, -0.25) is 0 Å². The van der Waals surface area contributed by atoms with Crippen LogP contribution in [0.1, 0.15) is 176 Å². The first kappa shape index (κ1) is 36.3. The van der Waals surface area contributed by atoms with Gasteiger partial charge in [0, 0.05) is 5.69 Å². The number of unbranched alkanes of at least 4 members (excludes halogenated alkanes) is 8. The van der Waals surface area contributed by atoms with Crippen molar-refractivity contribution >= 4 is 11.4 Å².